The van der Waals surface area contributed by atoms with Crippen LogP contribution in [0.2, 0.25) is 0 Å². The Morgan fingerprint density at radius 1 is 1.11 bits per heavy atom. The predicted octanol–water partition coefficient (Wildman–Crippen LogP) is 4.77. The van der Waals surface area contributed by atoms with Gasteiger partial charge < -0.3 is 25.4 Å². The average Bonchev–Trinajstić information content (AvgIpc) is 2.93. The minimum absolute atomic E-state index is 0. The van der Waals surface area contributed by atoms with E-state index in [0.29, 0.717) is 49.5 Å². The molecular weight excluding hydrogens is 504 g/mol. The molecule has 3 aliphatic rings. The zero-order valence-electron chi connectivity index (χ0n) is 22.0. The maximum absolute atomic E-state index is 12.9. The number of piperazine rings is 1. The monoisotopic (exact) mass is 542 g/mol. The van der Waals surface area contributed by atoms with Gasteiger partial charge in [-0.25, -0.2) is 4.90 Å². The summed E-state index contributed by atoms with van der Waals surface area (Å²) in [5, 5.41) is 17.1. The van der Waals surface area contributed by atoms with Gasteiger partial charge in [0.15, 0.2) is 6.23 Å². The zero-order chi connectivity index (χ0) is 25.8. The lowest BCUT2D eigenvalue weighted by molar-refractivity contribution is -0.121. The van der Waals surface area contributed by atoms with Gasteiger partial charge >= 0.3 is 0 Å². The van der Waals surface area contributed by atoms with E-state index in [2.05, 4.69) is 27.7 Å². The van der Waals surface area contributed by atoms with Crippen molar-refractivity contribution in [2.24, 2.45) is 5.92 Å². The minimum atomic E-state index is -0.663. The van der Waals surface area contributed by atoms with Crippen LogP contribution in [-0.2, 0) is 16.0 Å². The number of aliphatic hydroxyl groups is 1. The first-order valence-corrected chi connectivity index (χ1v) is 13.7. The third-order valence-electron chi connectivity index (χ3n) is 7.87. The molecule has 2 aromatic rings. The van der Waals surface area contributed by atoms with E-state index in [1.165, 1.54) is 6.42 Å². The molecule has 1 aliphatic carbocycles. The molecule has 2 fully saturated rings. The van der Waals surface area contributed by atoms with Gasteiger partial charge in [-0.2, -0.15) is 0 Å². The van der Waals surface area contributed by atoms with E-state index in [1.54, 1.807) is 0 Å². The number of halogens is 1. The van der Waals surface area contributed by atoms with Crippen molar-refractivity contribution in [3.63, 3.8) is 0 Å². The summed E-state index contributed by atoms with van der Waals surface area (Å²) in [6.45, 7) is 4.02. The summed E-state index contributed by atoms with van der Waals surface area (Å²) >= 11 is 0. The Balaban J connectivity index is 0.00000336. The molecule has 2 amide bonds. The standard InChI is InChI=1S/C29H38N4O4.ClH/c1-2-27(33-18-17-32(19-26(33)35)21-11-7-4-8-12-21)37-24-15-14-23(28-22(24)13-16-25(34)31-28)30-29(36)20-9-5-3-6-10-20;/h4,7-8,11-12,14-15,20,26-27,35H,2-3,5-6,9-10,13,16-19H2,1H3,(H,30,36)(H,31,34);1H. The molecular formula is C29H39ClN4O4. The normalized spacial score (nSPS) is 21.1. The van der Waals surface area contributed by atoms with Crippen molar-refractivity contribution in [2.75, 3.05) is 35.2 Å². The lowest BCUT2D eigenvalue weighted by Gasteiger charge is -2.43. The summed E-state index contributed by atoms with van der Waals surface area (Å²) in [6.07, 6.45) is 5.84. The van der Waals surface area contributed by atoms with Gasteiger partial charge in [-0.3, -0.25) is 9.59 Å². The van der Waals surface area contributed by atoms with Crippen LogP contribution in [-0.4, -0.2) is 53.9 Å². The summed E-state index contributed by atoms with van der Waals surface area (Å²) in [7, 11) is 0. The lowest BCUT2D eigenvalue weighted by Crippen LogP contribution is -2.58. The highest BCUT2D eigenvalue weighted by atomic mass is 35.5. The van der Waals surface area contributed by atoms with E-state index in [1.807, 2.05) is 42.2 Å². The summed E-state index contributed by atoms with van der Waals surface area (Å²) in [4.78, 5) is 29.4. The molecule has 9 heteroatoms. The second-order valence-corrected chi connectivity index (χ2v) is 10.3. The Morgan fingerprint density at radius 3 is 2.58 bits per heavy atom. The van der Waals surface area contributed by atoms with Gasteiger partial charge in [-0.15, -0.1) is 12.4 Å². The molecule has 1 saturated heterocycles. The van der Waals surface area contributed by atoms with Crippen LogP contribution in [0, 0.1) is 5.92 Å². The highest BCUT2D eigenvalue weighted by Gasteiger charge is 2.33. The van der Waals surface area contributed by atoms with Crippen molar-refractivity contribution in [1.29, 1.82) is 0 Å². The Morgan fingerprint density at radius 2 is 1.87 bits per heavy atom. The molecule has 2 atom stereocenters. The van der Waals surface area contributed by atoms with Crippen molar-refractivity contribution >= 4 is 41.3 Å². The van der Waals surface area contributed by atoms with Crippen LogP contribution < -0.4 is 20.3 Å². The third kappa shape index (κ3) is 6.25. The van der Waals surface area contributed by atoms with E-state index < -0.39 is 6.23 Å². The van der Waals surface area contributed by atoms with E-state index in [9.17, 15) is 14.7 Å². The summed E-state index contributed by atoms with van der Waals surface area (Å²) < 4.78 is 6.51. The molecule has 0 aromatic heterocycles. The van der Waals surface area contributed by atoms with Crippen LogP contribution in [0.15, 0.2) is 42.5 Å². The molecule has 3 N–H and O–H groups in total. The number of aliphatic hydroxyl groups excluding tert-OH is 1. The summed E-state index contributed by atoms with van der Waals surface area (Å²) in [5.41, 5.74) is 3.28. The largest absolute Gasteiger partial charge is 0.475 e. The molecule has 0 bridgehead atoms. The number of fused-ring (bicyclic) bond motifs is 1. The molecule has 5 rings (SSSR count). The maximum atomic E-state index is 12.9. The molecule has 2 aliphatic heterocycles. The Labute approximate surface area is 231 Å². The number of hydrogen-bond donors (Lipinski definition) is 3. The molecule has 38 heavy (non-hydrogen) atoms. The zero-order valence-corrected chi connectivity index (χ0v) is 22.8. The lowest BCUT2D eigenvalue weighted by atomic mass is 9.88. The molecule has 2 unspecified atom stereocenters. The van der Waals surface area contributed by atoms with E-state index in [-0.39, 0.29) is 36.4 Å². The van der Waals surface area contributed by atoms with Gasteiger partial charge in [0, 0.05) is 36.7 Å². The van der Waals surface area contributed by atoms with Crippen LogP contribution in [0.5, 0.6) is 5.75 Å². The number of carbonyl (C=O) groups excluding carboxylic acids is 2. The molecule has 0 spiro atoms. The molecule has 2 aromatic carbocycles. The van der Waals surface area contributed by atoms with Crippen molar-refractivity contribution in [3.05, 3.63) is 48.0 Å². The number of carbonyl (C=O) groups is 2. The number of rotatable bonds is 7. The van der Waals surface area contributed by atoms with Crippen LogP contribution in [0.4, 0.5) is 17.1 Å². The highest BCUT2D eigenvalue weighted by Crippen LogP contribution is 2.39. The van der Waals surface area contributed by atoms with Crippen LogP contribution in [0.3, 0.4) is 0 Å². The second kappa shape index (κ2) is 12.8. The minimum Gasteiger partial charge on any atom is -0.475 e. The smallest absolute Gasteiger partial charge is 0.227 e. The number of amides is 2. The second-order valence-electron chi connectivity index (χ2n) is 10.3. The number of hydrogen-bond acceptors (Lipinski definition) is 6. The van der Waals surface area contributed by atoms with Gasteiger partial charge in [-0.05, 0) is 49.9 Å². The fraction of sp³-hybridized carbons (Fsp3) is 0.517. The molecule has 1 saturated carbocycles. The van der Waals surface area contributed by atoms with Crippen molar-refractivity contribution in [2.45, 2.75) is 70.7 Å². The number of nitrogens with zero attached hydrogens (tertiary/aromatic N) is 2. The predicted molar refractivity (Wildman–Crippen MR) is 152 cm³/mol. The van der Waals surface area contributed by atoms with Crippen LogP contribution in [0.1, 0.15) is 57.4 Å². The van der Waals surface area contributed by atoms with E-state index >= 15 is 0 Å². The SMILES string of the molecule is CCC(Oc1ccc(NC(=O)C2CCCCC2)c2c1CCC(=O)N2)N1CCN(c2ccccc2)CC1O.Cl. The number of ether oxygens (including phenoxy) is 1. The first kappa shape index (κ1) is 28.2. The number of para-hydroxylation sites is 1. The van der Waals surface area contributed by atoms with Gasteiger partial charge in [0.05, 0.1) is 17.9 Å². The van der Waals surface area contributed by atoms with E-state index in [4.69, 9.17) is 4.74 Å². The number of nitrogens with one attached hydrogen (secondary N) is 2. The van der Waals surface area contributed by atoms with Crippen LogP contribution in [0.25, 0.3) is 0 Å². The molecule has 0 radical (unpaired) electrons. The van der Waals surface area contributed by atoms with Gasteiger partial charge in [-0.1, -0.05) is 44.4 Å². The average molecular weight is 543 g/mol. The number of β-amino-alcohol motifs (C(OH)–C–C–N with tert-alkyl or cyclic N) is 1. The highest BCUT2D eigenvalue weighted by molar-refractivity contribution is 6.03. The fourth-order valence-electron chi connectivity index (χ4n) is 5.79. The third-order valence-corrected chi connectivity index (χ3v) is 7.87. The number of anilines is 3. The van der Waals surface area contributed by atoms with Crippen LogP contribution >= 0.6 is 12.4 Å². The Bertz CT molecular complexity index is 1110. The van der Waals surface area contributed by atoms with Crippen molar-refractivity contribution in [1.82, 2.24) is 4.90 Å². The Kier molecular flexibility index (Phi) is 9.52. The fourth-order valence-corrected chi connectivity index (χ4v) is 5.79. The van der Waals surface area contributed by atoms with Crippen molar-refractivity contribution in [3.8, 4) is 5.75 Å². The molecule has 2 heterocycles. The van der Waals surface area contributed by atoms with Crippen molar-refractivity contribution < 1.29 is 19.4 Å². The quantitative estimate of drug-likeness (QED) is 0.467. The van der Waals surface area contributed by atoms with Gasteiger partial charge in [0.1, 0.15) is 12.0 Å². The first-order chi connectivity index (χ1) is 18.0. The maximum Gasteiger partial charge on any atom is 0.227 e. The summed E-state index contributed by atoms with van der Waals surface area (Å²) in [5.74, 6) is 0.689. The molecule has 8 nitrogen and oxygen atoms in total. The van der Waals surface area contributed by atoms with Gasteiger partial charge in [0.2, 0.25) is 11.8 Å². The van der Waals surface area contributed by atoms with Gasteiger partial charge in [0.25, 0.3) is 0 Å². The topological polar surface area (TPSA) is 94.1 Å². The molecule has 206 valence electrons. The summed E-state index contributed by atoms with van der Waals surface area (Å²) in [6, 6.07) is 13.9. The Hall–Kier alpha value is -2.81. The van der Waals surface area contributed by atoms with E-state index in [0.717, 1.165) is 43.5 Å². The first-order valence-electron chi connectivity index (χ1n) is 13.7. The number of benzene rings is 2.